The Bertz CT molecular complexity index is 300. The fourth-order valence-corrected chi connectivity index (χ4v) is 1.73. The molecule has 3 heteroatoms. The first-order valence-electron chi connectivity index (χ1n) is 5.46. The Morgan fingerprint density at radius 2 is 2.00 bits per heavy atom. The van der Waals surface area contributed by atoms with E-state index in [4.69, 9.17) is 5.73 Å². The van der Waals surface area contributed by atoms with Crippen molar-refractivity contribution >= 4 is 5.82 Å². The molecule has 1 rings (SSSR count). The van der Waals surface area contributed by atoms with Crippen LogP contribution in [0.1, 0.15) is 51.6 Å². The predicted octanol–water partition coefficient (Wildman–Crippen LogP) is 2.56. The molecule has 0 unspecified atom stereocenters. The van der Waals surface area contributed by atoms with Crippen molar-refractivity contribution in [3.05, 3.63) is 11.5 Å². The van der Waals surface area contributed by atoms with Gasteiger partial charge in [0.25, 0.3) is 0 Å². The molecular formula is C11H21N3. The first-order valence-corrected chi connectivity index (χ1v) is 5.46. The third-order valence-corrected chi connectivity index (χ3v) is 2.45. The van der Waals surface area contributed by atoms with E-state index < -0.39 is 0 Å². The molecule has 0 aromatic carbocycles. The molecule has 2 N–H and O–H groups in total. The van der Waals surface area contributed by atoms with Crippen molar-refractivity contribution in [2.45, 2.75) is 53.0 Å². The molecule has 3 nitrogen and oxygen atoms in total. The summed E-state index contributed by atoms with van der Waals surface area (Å²) in [5.74, 6) is 2.40. The fourth-order valence-electron chi connectivity index (χ4n) is 1.73. The largest absolute Gasteiger partial charge is 0.384 e. The van der Waals surface area contributed by atoms with Crippen LogP contribution in [-0.4, -0.2) is 9.55 Å². The SMILES string of the molecule is CCCc1nc(C(C)C)c(N)n1CC. The highest BCUT2D eigenvalue weighted by Gasteiger charge is 2.14. The first kappa shape index (κ1) is 11.1. The maximum atomic E-state index is 6.05. The maximum Gasteiger partial charge on any atom is 0.127 e. The lowest BCUT2D eigenvalue weighted by atomic mass is 10.1. The Balaban J connectivity index is 3.10. The molecule has 0 fully saturated rings. The number of nitrogen functional groups attached to an aromatic ring is 1. The van der Waals surface area contributed by atoms with Crippen molar-refractivity contribution in [3.63, 3.8) is 0 Å². The summed E-state index contributed by atoms with van der Waals surface area (Å²) >= 11 is 0. The molecule has 0 saturated heterocycles. The standard InChI is InChI=1S/C11H21N3/c1-5-7-9-13-10(8(3)4)11(12)14(9)6-2/h8H,5-7,12H2,1-4H3. The third kappa shape index (κ3) is 1.91. The van der Waals surface area contributed by atoms with E-state index in [1.807, 2.05) is 0 Å². The lowest BCUT2D eigenvalue weighted by Crippen LogP contribution is -2.05. The zero-order chi connectivity index (χ0) is 10.7. The van der Waals surface area contributed by atoms with Crippen LogP contribution in [0.2, 0.25) is 0 Å². The van der Waals surface area contributed by atoms with Crippen LogP contribution in [0.4, 0.5) is 5.82 Å². The van der Waals surface area contributed by atoms with Crippen LogP contribution >= 0.6 is 0 Å². The Labute approximate surface area is 86.3 Å². The van der Waals surface area contributed by atoms with Crippen LogP contribution in [0.25, 0.3) is 0 Å². The molecule has 1 heterocycles. The second kappa shape index (κ2) is 4.49. The number of hydrogen-bond donors (Lipinski definition) is 1. The minimum Gasteiger partial charge on any atom is -0.384 e. The third-order valence-electron chi connectivity index (χ3n) is 2.45. The molecule has 14 heavy (non-hydrogen) atoms. The molecule has 1 aromatic heterocycles. The summed E-state index contributed by atoms with van der Waals surface area (Å²) in [5.41, 5.74) is 7.10. The maximum absolute atomic E-state index is 6.05. The molecule has 0 bridgehead atoms. The monoisotopic (exact) mass is 195 g/mol. The average Bonchev–Trinajstić information content (AvgIpc) is 2.43. The van der Waals surface area contributed by atoms with Crippen LogP contribution in [0.15, 0.2) is 0 Å². The van der Waals surface area contributed by atoms with Crippen LogP contribution in [0.5, 0.6) is 0 Å². The number of hydrogen-bond acceptors (Lipinski definition) is 2. The Morgan fingerprint density at radius 1 is 1.36 bits per heavy atom. The van der Waals surface area contributed by atoms with Crippen LogP contribution in [0.3, 0.4) is 0 Å². The zero-order valence-electron chi connectivity index (χ0n) is 9.67. The quantitative estimate of drug-likeness (QED) is 0.802. The van der Waals surface area contributed by atoms with E-state index >= 15 is 0 Å². The highest BCUT2D eigenvalue weighted by atomic mass is 15.1. The van der Waals surface area contributed by atoms with Crippen molar-refractivity contribution in [2.24, 2.45) is 0 Å². The van der Waals surface area contributed by atoms with E-state index in [2.05, 4.69) is 37.2 Å². The van der Waals surface area contributed by atoms with Gasteiger partial charge in [0.1, 0.15) is 11.6 Å². The van der Waals surface area contributed by atoms with Gasteiger partial charge >= 0.3 is 0 Å². The molecule has 80 valence electrons. The molecule has 0 aliphatic carbocycles. The number of imidazole rings is 1. The van der Waals surface area contributed by atoms with Gasteiger partial charge in [0.15, 0.2) is 0 Å². The Hall–Kier alpha value is -0.990. The van der Waals surface area contributed by atoms with Crippen molar-refractivity contribution in [2.75, 3.05) is 5.73 Å². The number of nitrogens with zero attached hydrogens (tertiary/aromatic N) is 2. The van der Waals surface area contributed by atoms with Gasteiger partial charge in [-0.05, 0) is 19.3 Å². The molecule has 0 atom stereocenters. The van der Waals surface area contributed by atoms with Gasteiger partial charge < -0.3 is 10.3 Å². The minimum absolute atomic E-state index is 0.415. The number of nitrogens with two attached hydrogens (primary N) is 1. The Morgan fingerprint density at radius 3 is 2.43 bits per heavy atom. The summed E-state index contributed by atoms with van der Waals surface area (Å²) in [7, 11) is 0. The van der Waals surface area contributed by atoms with Gasteiger partial charge in [-0.25, -0.2) is 4.98 Å². The van der Waals surface area contributed by atoms with Gasteiger partial charge in [-0.2, -0.15) is 0 Å². The fraction of sp³-hybridized carbons (Fsp3) is 0.727. The summed E-state index contributed by atoms with van der Waals surface area (Å²) in [6.07, 6.45) is 2.14. The topological polar surface area (TPSA) is 43.8 Å². The van der Waals surface area contributed by atoms with E-state index in [1.165, 1.54) is 0 Å². The van der Waals surface area contributed by atoms with Crippen molar-refractivity contribution in [1.29, 1.82) is 0 Å². The Kier molecular flexibility index (Phi) is 3.55. The van der Waals surface area contributed by atoms with Gasteiger partial charge in [-0.15, -0.1) is 0 Å². The molecule has 0 spiro atoms. The van der Waals surface area contributed by atoms with E-state index in [-0.39, 0.29) is 0 Å². The first-order chi connectivity index (χ1) is 6.61. The summed E-state index contributed by atoms with van der Waals surface area (Å²) in [4.78, 5) is 4.61. The number of aryl methyl sites for hydroxylation is 1. The normalized spacial score (nSPS) is 11.2. The van der Waals surface area contributed by atoms with Crippen LogP contribution in [-0.2, 0) is 13.0 Å². The highest BCUT2D eigenvalue weighted by Crippen LogP contribution is 2.23. The van der Waals surface area contributed by atoms with E-state index in [9.17, 15) is 0 Å². The smallest absolute Gasteiger partial charge is 0.127 e. The summed E-state index contributed by atoms with van der Waals surface area (Å²) in [5, 5.41) is 0. The highest BCUT2D eigenvalue weighted by molar-refractivity contribution is 5.40. The lowest BCUT2D eigenvalue weighted by molar-refractivity contribution is 0.690. The van der Waals surface area contributed by atoms with Gasteiger partial charge in [0.05, 0.1) is 5.69 Å². The van der Waals surface area contributed by atoms with Gasteiger partial charge in [0.2, 0.25) is 0 Å². The van der Waals surface area contributed by atoms with E-state index in [0.717, 1.165) is 36.7 Å². The van der Waals surface area contributed by atoms with Crippen LogP contribution < -0.4 is 5.73 Å². The second-order valence-corrected chi connectivity index (χ2v) is 3.95. The molecule has 0 aliphatic heterocycles. The van der Waals surface area contributed by atoms with Gasteiger partial charge in [-0.1, -0.05) is 20.8 Å². The second-order valence-electron chi connectivity index (χ2n) is 3.95. The summed E-state index contributed by atoms with van der Waals surface area (Å²) in [6, 6.07) is 0. The number of rotatable bonds is 4. The van der Waals surface area contributed by atoms with E-state index in [1.54, 1.807) is 0 Å². The van der Waals surface area contributed by atoms with Crippen molar-refractivity contribution in [1.82, 2.24) is 9.55 Å². The molecule has 0 aliphatic rings. The molecule has 0 saturated carbocycles. The van der Waals surface area contributed by atoms with Crippen molar-refractivity contribution < 1.29 is 0 Å². The molecule has 0 amide bonds. The van der Waals surface area contributed by atoms with Gasteiger partial charge in [-0.3, -0.25) is 0 Å². The van der Waals surface area contributed by atoms with Crippen molar-refractivity contribution in [3.8, 4) is 0 Å². The average molecular weight is 195 g/mol. The number of aromatic nitrogens is 2. The van der Waals surface area contributed by atoms with E-state index in [0.29, 0.717) is 5.92 Å². The summed E-state index contributed by atoms with van der Waals surface area (Å²) in [6.45, 7) is 9.46. The van der Waals surface area contributed by atoms with Gasteiger partial charge in [0, 0.05) is 13.0 Å². The minimum atomic E-state index is 0.415. The zero-order valence-corrected chi connectivity index (χ0v) is 9.67. The number of anilines is 1. The predicted molar refractivity (Wildman–Crippen MR) is 60.4 cm³/mol. The molecule has 1 aromatic rings. The molecular weight excluding hydrogens is 174 g/mol. The summed E-state index contributed by atoms with van der Waals surface area (Å²) < 4.78 is 2.12. The molecule has 0 radical (unpaired) electrons. The lowest BCUT2D eigenvalue weighted by Gasteiger charge is -2.06. The van der Waals surface area contributed by atoms with Crippen LogP contribution in [0, 0.1) is 0 Å².